The summed E-state index contributed by atoms with van der Waals surface area (Å²) in [6.45, 7) is 8.27. The van der Waals surface area contributed by atoms with Crippen molar-refractivity contribution in [2.24, 2.45) is 0 Å². The lowest BCUT2D eigenvalue weighted by molar-refractivity contribution is 0.0398. The first kappa shape index (κ1) is 19.2. The highest BCUT2D eigenvalue weighted by Crippen LogP contribution is 2.25. The monoisotopic (exact) mass is 409 g/mol. The van der Waals surface area contributed by atoms with Crippen LogP contribution >= 0.6 is 0 Å². The molecule has 158 valence electrons. The Morgan fingerprint density at radius 1 is 0.900 bits per heavy atom. The van der Waals surface area contributed by atoms with Gasteiger partial charge in [0.2, 0.25) is 5.95 Å². The number of fused-ring (bicyclic) bond motifs is 1. The van der Waals surface area contributed by atoms with Crippen LogP contribution in [-0.2, 0) is 9.47 Å². The fourth-order valence-electron chi connectivity index (χ4n) is 3.85. The number of ether oxygens (including phenoxy) is 2. The zero-order chi connectivity index (χ0) is 20.2. The van der Waals surface area contributed by atoms with Gasteiger partial charge in [0.05, 0.1) is 26.4 Å². The lowest BCUT2D eigenvalue weighted by atomic mass is 10.3. The standard InChI is InChI=1S/C21H27N7O2/c1-2-4-17(5-3-1)28-16-23-18-19(22-6-7-26-8-12-29-13-9-26)24-21(25-20(18)28)27-10-14-30-15-11-27/h1-5,16H,6-15H2,(H,22,24,25). The number of hydrogen-bond acceptors (Lipinski definition) is 8. The Morgan fingerprint density at radius 3 is 2.40 bits per heavy atom. The van der Waals surface area contributed by atoms with Gasteiger partial charge in [-0.25, -0.2) is 4.98 Å². The van der Waals surface area contributed by atoms with Gasteiger partial charge in [-0.15, -0.1) is 0 Å². The van der Waals surface area contributed by atoms with E-state index >= 15 is 0 Å². The molecule has 2 aliphatic heterocycles. The molecular formula is C21H27N7O2. The van der Waals surface area contributed by atoms with Crippen molar-refractivity contribution in [3.63, 3.8) is 0 Å². The summed E-state index contributed by atoms with van der Waals surface area (Å²) < 4.78 is 13.0. The maximum Gasteiger partial charge on any atom is 0.229 e. The van der Waals surface area contributed by atoms with Crippen LogP contribution in [-0.4, -0.2) is 90.1 Å². The number of rotatable bonds is 6. The molecule has 2 aromatic heterocycles. The molecule has 9 heteroatoms. The number of anilines is 2. The molecule has 9 nitrogen and oxygen atoms in total. The highest BCUT2D eigenvalue weighted by Gasteiger charge is 2.20. The molecule has 0 amide bonds. The van der Waals surface area contributed by atoms with Gasteiger partial charge in [-0.05, 0) is 12.1 Å². The van der Waals surface area contributed by atoms with Crippen molar-refractivity contribution < 1.29 is 9.47 Å². The number of morpholine rings is 2. The van der Waals surface area contributed by atoms with Crippen LogP contribution in [0.1, 0.15) is 0 Å². The third-order valence-corrected chi connectivity index (χ3v) is 5.54. The van der Waals surface area contributed by atoms with Crippen molar-refractivity contribution in [1.29, 1.82) is 0 Å². The van der Waals surface area contributed by atoms with Crippen LogP contribution < -0.4 is 10.2 Å². The summed E-state index contributed by atoms with van der Waals surface area (Å²) in [5.41, 5.74) is 2.63. The summed E-state index contributed by atoms with van der Waals surface area (Å²) in [6, 6.07) is 10.2. The van der Waals surface area contributed by atoms with Gasteiger partial charge in [-0.1, -0.05) is 18.2 Å². The van der Waals surface area contributed by atoms with E-state index in [1.165, 1.54) is 0 Å². The van der Waals surface area contributed by atoms with Crippen LogP contribution in [0.2, 0.25) is 0 Å². The molecule has 2 aliphatic rings. The van der Waals surface area contributed by atoms with Gasteiger partial charge in [-0.3, -0.25) is 9.47 Å². The molecule has 0 saturated carbocycles. The van der Waals surface area contributed by atoms with Gasteiger partial charge in [0.25, 0.3) is 0 Å². The second kappa shape index (κ2) is 8.95. The van der Waals surface area contributed by atoms with E-state index in [0.29, 0.717) is 13.2 Å². The topological polar surface area (TPSA) is 80.6 Å². The van der Waals surface area contributed by atoms with Crippen LogP contribution in [0.4, 0.5) is 11.8 Å². The minimum atomic E-state index is 0.694. The molecule has 2 fully saturated rings. The molecule has 1 N–H and O–H groups in total. The molecule has 5 rings (SSSR count). The number of nitrogens with one attached hydrogen (secondary N) is 1. The van der Waals surface area contributed by atoms with Gasteiger partial charge in [0.15, 0.2) is 17.0 Å². The zero-order valence-electron chi connectivity index (χ0n) is 17.0. The number of imidazole rings is 1. The van der Waals surface area contributed by atoms with E-state index in [1.54, 1.807) is 0 Å². The Kier molecular flexibility index (Phi) is 5.73. The molecule has 0 bridgehead atoms. The van der Waals surface area contributed by atoms with E-state index in [2.05, 4.69) is 32.2 Å². The Hall–Kier alpha value is -2.75. The molecular weight excluding hydrogens is 382 g/mol. The number of benzene rings is 1. The van der Waals surface area contributed by atoms with Crippen molar-refractivity contribution in [2.75, 3.05) is 75.9 Å². The van der Waals surface area contributed by atoms with E-state index in [9.17, 15) is 0 Å². The average molecular weight is 409 g/mol. The summed E-state index contributed by atoms with van der Waals surface area (Å²) in [5, 5.41) is 3.51. The molecule has 0 unspecified atom stereocenters. The van der Waals surface area contributed by atoms with Crippen molar-refractivity contribution in [3.8, 4) is 5.69 Å². The largest absolute Gasteiger partial charge is 0.379 e. The third kappa shape index (κ3) is 4.09. The van der Waals surface area contributed by atoms with Crippen molar-refractivity contribution in [2.45, 2.75) is 0 Å². The Labute approximate surface area is 175 Å². The Bertz CT molecular complexity index is 966. The van der Waals surface area contributed by atoms with Crippen LogP contribution in [0, 0.1) is 0 Å². The first-order valence-corrected chi connectivity index (χ1v) is 10.6. The van der Waals surface area contributed by atoms with E-state index in [0.717, 1.165) is 81.1 Å². The molecule has 3 aromatic rings. The smallest absolute Gasteiger partial charge is 0.229 e. The minimum absolute atomic E-state index is 0.694. The fraction of sp³-hybridized carbons (Fsp3) is 0.476. The van der Waals surface area contributed by atoms with E-state index < -0.39 is 0 Å². The predicted octanol–water partition coefficient (Wildman–Crippen LogP) is 1.40. The highest BCUT2D eigenvalue weighted by molar-refractivity contribution is 5.85. The Morgan fingerprint density at radius 2 is 1.63 bits per heavy atom. The first-order chi connectivity index (χ1) is 14.9. The molecule has 1 aromatic carbocycles. The van der Waals surface area contributed by atoms with Gasteiger partial charge in [-0.2, -0.15) is 9.97 Å². The molecule has 4 heterocycles. The zero-order valence-corrected chi connectivity index (χ0v) is 17.0. The number of para-hydroxylation sites is 1. The lowest BCUT2D eigenvalue weighted by Crippen LogP contribution is -2.39. The Balaban J connectivity index is 1.45. The summed E-state index contributed by atoms with van der Waals surface area (Å²) >= 11 is 0. The normalized spacial score (nSPS) is 18.1. The van der Waals surface area contributed by atoms with Crippen LogP contribution in [0.15, 0.2) is 36.7 Å². The SMILES string of the molecule is c1ccc(-n2cnc3c(NCCN4CCOCC4)nc(N4CCOCC4)nc32)cc1. The maximum atomic E-state index is 5.50. The summed E-state index contributed by atoms with van der Waals surface area (Å²) in [6.07, 6.45) is 1.82. The minimum Gasteiger partial charge on any atom is -0.379 e. The van der Waals surface area contributed by atoms with E-state index in [1.807, 2.05) is 29.1 Å². The van der Waals surface area contributed by atoms with Crippen LogP contribution in [0.25, 0.3) is 16.9 Å². The molecule has 0 radical (unpaired) electrons. The lowest BCUT2D eigenvalue weighted by Gasteiger charge is -2.28. The van der Waals surface area contributed by atoms with E-state index in [-0.39, 0.29) is 0 Å². The van der Waals surface area contributed by atoms with Crippen LogP contribution in [0.5, 0.6) is 0 Å². The average Bonchev–Trinajstić information content (AvgIpc) is 3.25. The summed E-state index contributed by atoms with van der Waals surface area (Å²) in [4.78, 5) is 19.0. The molecule has 30 heavy (non-hydrogen) atoms. The molecule has 0 aliphatic carbocycles. The summed E-state index contributed by atoms with van der Waals surface area (Å²) in [5.74, 6) is 1.50. The van der Waals surface area contributed by atoms with E-state index in [4.69, 9.17) is 19.4 Å². The number of aromatic nitrogens is 4. The van der Waals surface area contributed by atoms with Crippen molar-refractivity contribution in [3.05, 3.63) is 36.7 Å². The predicted molar refractivity (Wildman–Crippen MR) is 115 cm³/mol. The second-order valence-electron chi connectivity index (χ2n) is 7.47. The van der Waals surface area contributed by atoms with Crippen LogP contribution in [0.3, 0.4) is 0 Å². The van der Waals surface area contributed by atoms with Crippen molar-refractivity contribution >= 4 is 22.9 Å². The quantitative estimate of drug-likeness (QED) is 0.654. The third-order valence-electron chi connectivity index (χ3n) is 5.54. The highest BCUT2D eigenvalue weighted by atomic mass is 16.5. The number of nitrogens with zero attached hydrogens (tertiary/aromatic N) is 6. The summed E-state index contributed by atoms with van der Waals surface area (Å²) in [7, 11) is 0. The molecule has 0 atom stereocenters. The molecule has 2 saturated heterocycles. The fourth-order valence-corrected chi connectivity index (χ4v) is 3.85. The van der Waals surface area contributed by atoms with Gasteiger partial charge in [0, 0.05) is 45.0 Å². The second-order valence-corrected chi connectivity index (χ2v) is 7.47. The number of hydrogen-bond donors (Lipinski definition) is 1. The van der Waals surface area contributed by atoms with Crippen molar-refractivity contribution in [1.82, 2.24) is 24.4 Å². The maximum absolute atomic E-state index is 5.50. The molecule has 0 spiro atoms. The first-order valence-electron chi connectivity index (χ1n) is 10.6. The van der Waals surface area contributed by atoms with Gasteiger partial charge < -0.3 is 19.7 Å². The van der Waals surface area contributed by atoms with Gasteiger partial charge in [0.1, 0.15) is 6.33 Å². The van der Waals surface area contributed by atoms with Gasteiger partial charge >= 0.3 is 0 Å².